The van der Waals surface area contributed by atoms with Gasteiger partial charge in [0.05, 0.1) is 12.0 Å². The lowest BCUT2D eigenvalue weighted by atomic mass is 9.94. The first-order valence-electron chi connectivity index (χ1n) is 8.43. The normalized spacial score (nSPS) is 28.5. The number of hydrogen-bond donors (Lipinski definition) is 2. The van der Waals surface area contributed by atoms with Crippen molar-refractivity contribution >= 4 is 33.7 Å². The average molecular weight is 423 g/mol. The SMILES string of the molecule is C[C@]1(COC(=O)Cc2ccccc2)[C@H](C(=O)O)N2C(=O)/C(=C\C(=O)O)[C@H]2S1(=O)=O. The Labute approximate surface area is 165 Å². The molecule has 2 saturated heterocycles. The lowest BCUT2D eigenvalue weighted by Gasteiger charge is -2.37. The van der Waals surface area contributed by atoms with Crippen LogP contribution in [0.1, 0.15) is 12.5 Å². The van der Waals surface area contributed by atoms with Gasteiger partial charge in [0.1, 0.15) is 11.4 Å². The number of sulfone groups is 1. The Balaban J connectivity index is 1.88. The first kappa shape index (κ1) is 20.5. The van der Waals surface area contributed by atoms with E-state index in [-0.39, 0.29) is 6.42 Å². The van der Waals surface area contributed by atoms with Gasteiger partial charge in [-0.25, -0.2) is 18.0 Å². The summed E-state index contributed by atoms with van der Waals surface area (Å²) in [7, 11) is -4.40. The molecule has 0 bridgehead atoms. The molecule has 3 atom stereocenters. The van der Waals surface area contributed by atoms with Crippen molar-refractivity contribution in [2.75, 3.05) is 6.61 Å². The van der Waals surface area contributed by atoms with Gasteiger partial charge in [-0.2, -0.15) is 0 Å². The Morgan fingerprint density at radius 2 is 1.83 bits per heavy atom. The minimum Gasteiger partial charge on any atom is -0.480 e. The Kier molecular flexibility index (Phi) is 4.95. The lowest BCUT2D eigenvalue weighted by molar-refractivity contribution is -0.155. The number of aliphatic carboxylic acids is 2. The summed E-state index contributed by atoms with van der Waals surface area (Å²) in [6, 6.07) is 6.69. The van der Waals surface area contributed by atoms with Crippen LogP contribution >= 0.6 is 0 Å². The predicted octanol–water partition coefficient (Wildman–Crippen LogP) is -0.408. The number of ether oxygens (including phenoxy) is 1. The third kappa shape index (κ3) is 3.16. The molecular formula is C18H17NO9S. The summed E-state index contributed by atoms with van der Waals surface area (Å²) >= 11 is 0. The van der Waals surface area contributed by atoms with Crippen LogP contribution in [0.25, 0.3) is 0 Å². The number of carbonyl (C=O) groups is 4. The van der Waals surface area contributed by atoms with Gasteiger partial charge < -0.3 is 19.8 Å². The molecule has 1 amide bonds. The lowest BCUT2D eigenvalue weighted by Crippen LogP contribution is -2.59. The van der Waals surface area contributed by atoms with Gasteiger partial charge in [0, 0.05) is 6.08 Å². The maximum absolute atomic E-state index is 13.0. The van der Waals surface area contributed by atoms with Crippen molar-refractivity contribution in [2.45, 2.75) is 29.5 Å². The maximum atomic E-state index is 13.0. The highest BCUT2D eigenvalue weighted by Gasteiger charge is 2.72. The molecule has 0 aliphatic carbocycles. The third-order valence-electron chi connectivity index (χ3n) is 5.02. The molecular weight excluding hydrogens is 406 g/mol. The molecule has 2 aliphatic heterocycles. The minimum atomic E-state index is -4.40. The van der Waals surface area contributed by atoms with E-state index in [0.717, 1.165) is 6.92 Å². The fourth-order valence-corrected chi connectivity index (χ4v) is 5.84. The number of fused-ring (bicyclic) bond motifs is 1. The number of rotatable bonds is 6. The molecule has 2 aliphatic rings. The number of benzene rings is 1. The van der Waals surface area contributed by atoms with E-state index in [1.165, 1.54) is 0 Å². The fraction of sp³-hybridized carbons (Fsp3) is 0.333. The molecule has 29 heavy (non-hydrogen) atoms. The molecule has 2 heterocycles. The summed E-state index contributed by atoms with van der Waals surface area (Å²) in [5.74, 6) is -4.88. The summed E-state index contributed by atoms with van der Waals surface area (Å²) in [4.78, 5) is 47.6. The van der Waals surface area contributed by atoms with Crippen LogP contribution in [-0.4, -0.2) is 70.1 Å². The second kappa shape index (κ2) is 6.99. The van der Waals surface area contributed by atoms with Gasteiger partial charge in [-0.1, -0.05) is 30.3 Å². The molecule has 0 spiro atoms. The molecule has 1 aromatic rings. The molecule has 0 saturated carbocycles. The summed E-state index contributed by atoms with van der Waals surface area (Å²) in [5.41, 5.74) is 0.0977. The van der Waals surface area contributed by atoms with Crippen molar-refractivity contribution < 1.29 is 42.5 Å². The fourth-order valence-electron chi connectivity index (χ4n) is 3.56. The number of β-lactam (4-membered cyclic amide) rings is 1. The van der Waals surface area contributed by atoms with Gasteiger partial charge in [-0.3, -0.25) is 9.59 Å². The number of hydrogen-bond acceptors (Lipinski definition) is 7. The van der Waals surface area contributed by atoms with Crippen molar-refractivity contribution in [3.63, 3.8) is 0 Å². The van der Waals surface area contributed by atoms with Gasteiger partial charge in [0.2, 0.25) is 0 Å². The number of carbonyl (C=O) groups excluding carboxylic acids is 2. The Bertz CT molecular complexity index is 1030. The molecule has 10 nitrogen and oxygen atoms in total. The second-order valence-electron chi connectivity index (χ2n) is 6.92. The zero-order chi connectivity index (χ0) is 21.6. The van der Waals surface area contributed by atoms with Gasteiger partial charge in [-0.05, 0) is 12.5 Å². The molecule has 0 radical (unpaired) electrons. The number of nitrogens with zero attached hydrogens (tertiary/aromatic N) is 1. The topological polar surface area (TPSA) is 155 Å². The van der Waals surface area contributed by atoms with Crippen molar-refractivity contribution in [3.8, 4) is 0 Å². The van der Waals surface area contributed by atoms with Crippen molar-refractivity contribution in [3.05, 3.63) is 47.5 Å². The minimum absolute atomic E-state index is 0.148. The molecule has 1 aromatic carbocycles. The van der Waals surface area contributed by atoms with Crippen LogP contribution in [0.3, 0.4) is 0 Å². The van der Waals surface area contributed by atoms with Crippen molar-refractivity contribution in [2.24, 2.45) is 0 Å². The molecule has 11 heteroatoms. The summed E-state index contributed by atoms with van der Waals surface area (Å²) in [5, 5.41) is 16.7. The summed E-state index contributed by atoms with van der Waals surface area (Å²) in [6.07, 6.45) is 0.304. The van der Waals surface area contributed by atoms with Crippen LogP contribution in [-0.2, 0) is 40.2 Å². The molecule has 2 N–H and O–H groups in total. The van der Waals surface area contributed by atoms with E-state index in [1.807, 2.05) is 0 Å². The van der Waals surface area contributed by atoms with Gasteiger partial charge in [-0.15, -0.1) is 0 Å². The highest BCUT2D eigenvalue weighted by molar-refractivity contribution is 7.94. The highest BCUT2D eigenvalue weighted by atomic mass is 32.2. The number of amides is 1. The highest BCUT2D eigenvalue weighted by Crippen LogP contribution is 2.48. The van der Waals surface area contributed by atoms with Gasteiger partial charge in [0.15, 0.2) is 21.3 Å². The molecule has 3 rings (SSSR count). The zero-order valence-electron chi connectivity index (χ0n) is 15.1. The maximum Gasteiger partial charge on any atom is 0.328 e. The number of esters is 1. The van der Waals surface area contributed by atoms with Crippen LogP contribution in [0.15, 0.2) is 42.0 Å². The van der Waals surface area contributed by atoms with E-state index in [4.69, 9.17) is 9.84 Å². The summed E-state index contributed by atoms with van der Waals surface area (Å²) in [6.45, 7) is 0.277. The first-order valence-corrected chi connectivity index (χ1v) is 9.98. The number of carboxylic acids is 2. The first-order chi connectivity index (χ1) is 13.5. The Morgan fingerprint density at radius 1 is 1.21 bits per heavy atom. The van der Waals surface area contributed by atoms with Gasteiger partial charge in [0.25, 0.3) is 5.91 Å². The number of carboxylic acid groups (broad SMARTS) is 2. The second-order valence-corrected chi connectivity index (χ2v) is 9.39. The van der Waals surface area contributed by atoms with Crippen LogP contribution in [0.5, 0.6) is 0 Å². The van der Waals surface area contributed by atoms with E-state index in [0.29, 0.717) is 16.5 Å². The molecule has 2 fully saturated rings. The van der Waals surface area contributed by atoms with Crippen LogP contribution in [0.2, 0.25) is 0 Å². The molecule has 154 valence electrons. The van der Waals surface area contributed by atoms with Crippen molar-refractivity contribution in [1.29, 1.82) is 0 Å². The molecule has 0 aromatic heterocycles. The van der Waals surface area contributed by atoms with E-state index in [9.17, 15) is 32.7 Å². The quantitative estimate of drug-likeness (QED) is 0.353. The van der Waals surface area contributed by atoms with Crippen LogP contribution < -0.4 is 0 Å². The summed E-state index contributed by atoms with van der Waals surface area (Å²) < 4.78 is 29.0. The van der Waals surface area contributed by atoms with Crippen LogP contribution in [0, 0.1) is 0 Å². The zero-order valence-corrected chi connectivity index (χ0v) is 16.0. The third-order valence-corrected chi connectivity index (χ3v) is 7.73. The average Bonchev–Trinajstić information content (AvgIpc) is 2.80. The van der Waals surface area contributed by atoms with Gasteiger partial charge >= 0.3 is 17.9 Å². The van der Waals surface area contributed by atoms with Crippen molar-refractivity contribution in [1.82, 2.24) is 4.90 Å². The van der Waals surface area contributed by atoms with E-state index in [2.05, 4.69) is 0 Å². The predicted molar refractivity (Wildman–Crippen MR) is 96.2 cm³/mol. The largest absolute Gasteiger partial charge is 0.480 e. The van der Waals surface area contributed by atoms with E-state index in [1.54, 1.807) is 30.3 Å². The Morgan fingerprint density at radius 3 is 2.38 bits per heavy atom. The van der Waals surface area contributed by atoms with E-state index < -0.39 is 62.0 Å². The smallest absolute Gasteiger partial charge is 0.328 e. The van der Waals surface area contributed by atoms with Crippen LogP contribution in [0.4, 0.5) is 0 Å². The molecule has 0 unspecified atom stereocenters. The standard InChI is InChI=1S/C18H17NO9S/c1-18(9-28-13(22)7-10-5-3-2-4-6-10)14(17(24)25)19-15(23)11(8-12(20)21)16(19)29(18,26)27/h2-6,8,14,16H,7,9H2,1H3,(H,20,21)(H,24,25)/b11-8+/t14-,16+,18-/m0/s1. The Hall–Kier alpha value is -3.21. The monoisotopic (exact) mass is 423 g/mol. The van der Waals surface area contributed by atoms with E-state index >= 15 is 0 Å².